The first-order valence-electron chi connectivity index (χ1n) is 7.50. The molecule has 0 saturated carbocycles. The van der Waals surface area contributed by atoms with Crippen molar-refractivity contribution < 1.29 is 19.4 Å². The Kier molecular flexibility index (Phi) is 3.16. The fraction of sp³-hybridized carbons (Fsp3) is 0.222. The SMILES string of the molecule is O=C(Nc1cccc2ccccc12)[C@@H]1[C@H](C(=O)O)[C@H]2C=C[C@H]1O2. The highest BCUT2D eigenvalue weighted by Crippen LogP contribution is 2.40. The van der Waals surface area contributed by atoms with Gasteiger partial charge in [0.25, 0.3) is 0 Å². The predicted octanol–water partition coefficient (Wildman–Crippen LogP) is 2.43. The number of anilines is 1. The van der Waals surface area contributed by atoms with Crippen LogP contribution in [0.4, 0.5) is 5.69 Å². The number of hydrogen-bond acceptors (Lipinski definition) is 3. The molecule has 0 spiro atoms. The molecule has 2 N–H and O–H groups in total. The average molecular weight is 309 g/mol. The van der Waals surface area contributed by atoms with Gasteiger partial charge in [-0.25, -0.2) is 0 Å². The summed E-state index contributed by atoms with van der Waals surface area (Å²) in [5.74, 6) is -2.85. The zero-order valence-corrected chi connectivity index (χ0v) is 12.2. The molecule has 23 heavy (non-hydrogen) atoms. The second-order valence-electron chi connectivity index (χ2n) is 5.86. The molecular weight excluding hydrogens is 294 g/mol. The van der Waals surface area contributed by atoms with Gasteiger partial charge in [-0.15, -0.1) is 0 Å². The molecule has 116 valence electrons. The molecule has 2 bridgehead atoms. The van der Waals surface area contributed by atoms with Crippen molar-refractivity contribution in [3.05, 3.63) is 54.6 Å². The maximum Gasteiger partial charge on any atom is 0.310 e. The molecule has 0 aromatic heterocycles. The number of rotatable bonds is 3. The smallest absolute Gasteiger partial charge is 0.310 e. The number of nitrogens with one attached hydrogen (secondary N) is 1. The lowest BCUT2D eigenvalue weighted by Gasteiger charge is -2.21. The van der Waals surface area contributed by atoms with Crippen molar-refractivity contribution in [2.45, 2.75) is 12.2 Å². The third-order valence-electron chi connectivity index (χ3n) is 4.53. The van der Waals surface area contributed by atoms with Crippen LogP contribution in [-0.2, 0) is 14.3 Å². The largest absolute Gasteiger partial charge is 0.481 e. The van der Waals surface area contributed by atoms with Crippen LogP contribution in [0.15, 0.2) is 54.6 Å². The van der Waals surface area contributed by atoms with Gasteiger partial charge in [0.05, 0.1) is 18.1 Å². The molecule has 5 heteroatoms. The summed E-state index contributed by atoms with van der Waals surface area (Å²) in [6.45, 7) is 0. The summed E-state index contributed by atoms with van der Waals surface area (Å²) in [4.78, 5) is 24.2. The van der Waals surface area contributed by atoms with E-state index in [4.69, 9.17) is 4.74 Å². The van der Waals surface area contributed by atoms with Crippen LogP contribution in [0.5, 0.6) is 0 Å². The van der Waals surface area contributed by atoms with E-state index in [1.165, 1.54) is 0 Å². The molecule has 1 fully saturated rings. The zero-order valence-electron chi connectivity index (χ0n) is 12.2. The van der Waals surface area contributed by atoms with Crippen LogP contribution < -0.4 is 5.32 Å². The Balaban J connectivity index is 1.65. The van der Waals surface area contributed by atoms with E-state index in [0.29, 0.717) is 5.69 Å². The van der Waals surface area contributed by atoms with Gasteiger partial charge in [0, 0.05) is 11.1 Å². The van der Waals surface area contributed by atoms with E-state index < -0.39 is 30.0 Å². The lowest BCUT2D eigenvalue weighted by molar-refractivity contribution is -0.145. The minimum absolute atomic E-state index is 0.314. The van der Waals surface area contributed by atoms with Crippen molar-refractivity contribution in [3.8, 4) is 0 Å². The molecule has 0 unspecified atom stereocenters. The Bertz CT molecular complexity index is 823. The van der Waals surface area contributed by atoms with Crippen molar-refractivity contribution in [2.24, 2.45) is 11.8 Å². The standard InChI is InChI=1S/C18H15NO4/c20-17(15-13-8-9-14(23-13)16(15)18(21)22)19-12-7-3-5-10-4-1-2-6-11(10)12/h1-9,13-16H,(H,19,20)(H,21,22)/t13-,14-,15+,16-/m1/s1. The van der Waals surface area contributed by atoms with Gasteiger partial charge in [-0.2, -0.15) is 0 Å². The molecule has 0 aliphatic carbocycles. The predicted molar refractivity (Wildman–Crippen MR) is 85.0 cm³/mol. The van der Waals surface area contributed by atoms with Crippen molar-refractivity contribution in [1.82, 2.24) is 0 Å². The van der Waals surface area contributed by atoms with Gasteiger partial charge >= 0.3 is 5.97 Å². The van der Waals surface area contributed by atoms with Crippen LogP contribution in [0.2, 0.25) is 0 Å². The van der Waals surface area contributed by atoms with Crippen LogP contribution in [0.3, 0.4) is 0 Å². The van der Waals surface area contributed by atoms with Crippen LogP contribution in [0.1, 0.15) is 0 Å². The van der Waals surface area contributed by atoms with Gasteiger partial charge in [-0.05, 0) is 11.5 Å². The number of carboxylic acids is 1. The Morgan fingerprint density at radius 1 is 0.957 bits per heavy atom. The average Bonchev–Trinajstić information content (AvgIpc) is 3.16. The number of carbonyl (C=O) groups excluding carboxylic acids is 1. The number of aliphatic carboxylic acids is 1. The first kappa shape index (κ1) is 14.0. The molecule has 2 aliphatic heterocycles. The highest BCUT2D eigenvalue weighted by atomic mass is 16.5. The number of hydrogen-bond donors (Lipinski definition) is 2. The third-order valence-corrected chi connectivity index (χ3v) is 4.53. The van der Waals surface area contributed by atoms with Gasteiger partial charge in [-0.1, -0.05) is 48.6 Å². The topological polar surface area (TPSA) is 75.6 Å². The first-order valence-corrected chi connectivity index (χ1v) is 7.50. The molecule has 1 saturated heterocycles. The number of carbonyl (C=O) groups is 2. The second kappa shape index (κ2) is 5.21. The summed E-state index contributed by atoms with van der Waals surface area (Å²) in [5, 5.41) is 14.2. The molecule has 2 aromatic carbocycles. The normalized spacial score (nSPS) is 28.2. The van der Waals surface area contributed by atoms with Crippen molar-refractivity contribution in [3.63, 3.8) is 0 Å². The van der Waals surface area contributed by atoms with Gasteiger partial charge in [0.1, 0.15) is 5.92 Å². The van der Waals surface area contributed by atoms with E-state index >= 15 is 0 Å². The third kappa shape index (κ3) is 2.21. The molecule has 2 heterocycles. The lowest BCUT2D eigenvalue weighted by atomic mass is 9.82. The minimum atomic E-state index is -1.00. The van der Waals surface area contributed by atoms with E-state index in [1.54, 1.807) is 12.2 Å². The summed E-state index contributed by atoms with van der Waals surface area (Å²) in [6, 6.07) is 13.4. The van der Waals surface area contributed by atoms with Crippen molar-refractivity contribution in [2.75, 3.05) is 5.32 Å². The molecular formula is C18H15NO4. The number of carboxylic acid groups (broad SMARTS) is 1. The monoisotopic (exact) mass is 309 g/mol. The number of amides is 1. The van der Waals surface area contributed by atoms with Gasteiger partial charge in [0.2, 0.25) is 5.91 Å². The fourth-order valence-corrected chi connectivity index (χ4v) is 3.47. The Morgan fingerprint density at radius 2 is 1.65 bits per heavy atom. The van der Waals surface area contributed by atoms with Crippen molar-refractivity contribution in [1.29, 1.82) is 0 Å². The van der Waals surface area contributed by atoms with Gasteiger partial charge < -0.3 is 15.2 Å². The molecule has 0 radical (unpaired) electrons. The van der Waals surface area contributed by atoms with E-state index in [9.17, 15) is 14.7 Å². The number of benzene rings is 2. The lowest BCUT2D eigenvalue weighted by Crippen LogP contribution is -2.39. The minimum Gasteiger partial charge on any atom is -0.481 e. The maximum absolute atomic E-state index is 12.7. The molecule has 2 aromatic rings. The Labute approximate surface area is 132 Å². The second-order valence-corrected chi connectivity index (χ2v) is 5.86. The van der Waals surface area contributed by atoms with Crippen molar-refractivity contribution >= 4 is 28.3 Å². The van der Waals surface area contributed by atoms with E-state index in [1.807, 2.05) is 42.5 Å². The summed E-state index contributed by atoms with van der Waals surface area (Å²) in [7, 11) is 0. The Morgan fingerprint density at radius 3 is 2.43 bits per heavy atom. The summed E-state index contributed by atoms with van der Waals surface area (Å²) < 4.78 is 5.55. The molecule has 5 nitrogen and oxygen atoms in total. The van der Waals surface area contributed by atoms with E-state index in [0.717, 1.165) is 10.8 Å². The Hall–Kier alpha value is -2.66. The summed E-state index contributed by atoms with van der Waals surface area (Å²) in [6.07, 6.45) is 2.53. The molecule has 4 rings (SSSR count). The van der Waals surface area contributed by atoms with Crippen LogP contribution >= 0.6 is 0 Å². The van der Waals surface area contributed by atoms with Gasteiger partial charge in [0.15, 0.2) is 0 Å². The zero-order chi connectivity index (χ0) is 16.0. The highest BCUT2D eigenvalue weighted by Gasteiger charge is 2.53. The highest BCUT2D eigenvalue weighted by molar-refractivity contribution is 6.04. The number of fused-ring (bicyclic) bond motifs is 3. The maximum atomic E-state index is 12.7. The molecule has 4 atom stereocenters. The number of ether oxygens (including phenoxy) is 1. The summed E-state index contributed by atoms with van der Waals surface area (Å²) in [5.41, 5.74) is 0.684. The van der Waals surface area contributed by atoms with Crippen LogP contribution in [0, 0.1) is 11.8 Å². The first-order chi connectivity index (χ1) is 11.1. The van der Waals surface area contributed by atoms with Crippen LogP contribution in [-0.4, -0.2) is 29.2 Å². The molecule has 1 amide bonds. The van der Waals surface area contributed by atoms with E-state index in [2.05, 4.69) is 5.32 Å². The van der Waals surface area contributed by atoms with Gasteiger partial charge in [-0.3, -0.25) is 9.59 Å². The summed E-state index contributed by atoms with van der Waals surface area (Å²) >= 11 is 0. The quantitative estimate of drug-likeness (QED) is 0.854. The fourth-order valence-electron chi connectivity index (χ4n) is 3.47. The molecule has 2 aliphatic rings. The van der Waals surface area contributed by atoms with Crippen LogP contribution in [0.25, 0.3) is 10.8 Å². The van der Waals surface area contributed by atoms with E-state index in [-0.39, 0.29) is 5.91 Å².